The van der Waals surface area contributed by atoms with Crippen LogP contribution >= 0.6 is 15.9 Å². The molecule has 4 aromatic rings. The molecule has 0 aliphatic carbocycles. The van der Waals surface area contributed by atoms with Gasteiger partial charge < -0.3 is 5.01 Å². The molecule has 136 valence electrons. The monoisotopic (exact) mass is 424 g/mol. The van der Waals surface area contributed by atoms with Crippen LogP contribution in [0.15, 0.2) is 58.1 Å². The predicted molar refractivity (Wildman–Crippen MR) is 109 cm³/mol. The second-order valence-electron chi connectivity index (χ2n) is 6.24. The van der Waals surface area contributed by atoms with Crippen molar-refractivity contribution in [2.75, 3.05) is 19.1 Å². The molecule has 0 saturated heterocycles. The van der Waals surface area contributed by atoms with Crippen molar-refractivity contribution in [2.45, 2.75) is 6.42 Å². The summed E-state index contributed by atoms with van der Waals surface area (Å²) in [6.07, 6.45) is 8.13. The third-order valence-electron chi connectivity index (χ3n) is 4.24. The predicted octanol–water partition coefficient (Wildman–Crippen LogP) is 2.66. The first-order chi connectivity index (χ1) is 13.1. The van der Waals surface area contributed by atoms with Gasteiger partial charge in [0.15, 0.2) is 0 Å². The van der Waals surface area contributed by atoms with Crippen LogP contribution in [0.3, 0.4) is 0 Å². The molecule has 0 radical (unpaired) electrons. The normalized spacial score (nSPS) is 11.7. The van der Waals surface area contributed by atoms with Crippen molar-refractivity contribution in [1.82, 2.24) is 24.3 Å². The third-order valence-corrected chi connectivity index (χ3v) is 4.90. The average molecular weight is 425 g/mol. The molecule has 0 fully saturated rings. The number of nitrogens with zero attached hydrogens (tertiary/aromatic N) is 6. The van der Waals surface area contributed by atoms with Crippen LogP contribution in [0.2, 0.25) is 0 Å². The Kier molecular flexibility index (Phi) is 4.49. The molecule has 7 nitrogen and oxygen atoms in total. The van der Waals surface area contributed by atoms with Crippen molar-refractivity contribution in [3.8, 4) is 0 Å². The summed E-state index contributed by atoms with van der Waals surface area (Å²) < 4.78 is 4.19. The first-order valence-corrected chi connectivity index (χ1v) is 9.18. The lowest BCUT2D eigenvalue weighted by atomic mass is 10.2. The Hall–Kier alpha value is -3.00. The lowest BCUT2D eigenvalue weighted by Crippen LogP contribution is -2.37. The Morgan fingerprint density at radius 2 is 2.04 bits per heavy atom. The van der Waals surface area contributed by atoms with E-state index in [9.17, 15) is 4.79 Å². The molecule has 0 atom stereocenters. The third kappa shape index (κ3) is 3.02. The van der Waals surface area contributed by atoms with Crippen LogP contribution in [-0.4, -0.2) is 38.4 Å². The summed E-state index contributed by atoms with van der Waals surface area (Å²) in [6.45, 7) is 0. The fourth-order valence-electron chi connectivity index (χ4n) is 3.07. The van der Waals surface area contributed by atoms with Crippen molar-refractivity contribution < 1.29 is 0 Å². The molecule has 1 aromatic carbocycles. The van der Waals surface area contributed by atoms with Gasteiger partial charge in [0.2, 0.25) is 0 Å². The van der Waals surface area contributed by atoms with Gasteiger partial charge in [-0.2, -0.15) is 4.68 Å². The van der Waals surface area contributed by atoms with E-state index in [1.807, 2.05) is 46.9 Å². The molecule has 0 unspecified atom stereocenters. The van der Waals surface area contributed by atoms with Crippen molar-refractivity contribution in [3.05, 3.63) is 75.0 Å². The maximum Gasteiger partial charge on any atom is 0.282 e. The topological polar surface area (TPSA) is 68.3 Å². The number of rotatable bonds is 4. The molecule has 0 aliphatic rings. The Morgan fingerprint density at radius 3 is 2.78 bits per heavy atom. The fourth-order valence-corrected chi connectivity index (χ4v) is 3.59. The zero-order valence-corrected chi connectivity index (χ0v) is 16.5. The standard InChI is InChI=1S/C19H17BrN6O/c1-24(2)26-18(27)17-14(20)8-4-9-15(17)25-16(22-23-19(25)26)10-3-6-13-7-5-11-21-12-13/h3-9,11-12H,10H2,1-2H3. The van der Waals surface area contributed by atoms with E-state index in [1.54, 1.807) is 31.5 Å². The molecule has 0 amide bonds. The molecule has 3 heterocycles. The van der Waals surface area contributed by atoms with Gasteiger partial charge in [0.05, 0.1) is 10.9 Å². The quantitative estimate of drug-likeness (QED) is 0.503. The number of allylic oxidation sites excluding steroid dienone is 1. The molecule has 0 saturated carbocycles. The molecule has 3 aromatic heterocycles. The molecule has 27 heavy (non-hydrogen) atoms. The van der Waals surface area contributed by atoms with Crippen LogP contribution in [-0.2, 0) is 6.42 Å². The highest BCUT2D eigenvalue weighted by Gasteiger charge is 2.18. The summed E-state index contributed by atoms with van der Waals surface area (Å²) in [5.74, 6) is 1.24. The largest absolute Gasteiger partial charge is 0.313 e. The van der Waals surface area contributed by atoms with Crippen LogP contribution in [0, 0.1) is 0 Å². The van der Waals surface area contributed by atoms with Gasteiger partial charge in [0.25, 0.3) is 11.3 Å². The van der Waals surface area contributed by atoms with E-state index in [1.165, 1.54) is 4.68 Å². The van der Waals surface area contributed by atoms with Crippen molar-refractivity contribution in [3.63, 3.8) is 0 Å². The second kappa shape index (κ2) is 6.96. The minimum absolute atomic E-state index is 0.139. The summed E-state index contributed by atoms with van der Waals surface area (Å²) in [5, 5.41) is 10.9. The number of pyridine rings is 1. The van der Waals surface area contributed by atoms with Crippen LogP contribution in [0.1, 0.15) is 11.4 Å². The van der Waals surface area contributed by atoms with E-state index < -0.39 is 0 Å². The number of hydrogen-bond donors (Lipinski definition) is 0. The van der Waals surface area contributed by atoms with E-state index >= 15 is 0 Å². The Bertz CT molecular complexity index is 1210. The maximum absolute atomic E-state index is 13.0. The molecule has 0 N–H and O–H groups in total. The summed E-state index contributed by atoms with van der Waals surface area (Å²) >= 11 is 3.51. The molecule has 0 spiro atoms. The highest BCUT2D eigenvalue weighted by molar-refractivity contribution is 9.10. The first-order valence-electron chi connectivity index (χ1n) is 8.39. The van der Waals surface area contributed by atoms with Gasteiger partial charge >= 0.3 is 0 Å². The number of aromatic nitrogens is 5. The lowest BCUT2D eigenvalue weighted by molar-refractivity contribution is 0.708. The summed E-state index contributed by atoms with van der Waals surface area (Å²) in [4.78, 5) is 17.1. The second-order valence-corrected chi connectivity index (χ2v) is 7.10. The van der Waals surface area contributed by atoms with Crippen molar-refractivity contribution in [2.24, 2.45) is 0 Å². The van der Waals surface area contributed by atoms with Gasteiger partial charge in [-0.25, -0.2) is 0 Å². The minimum atomic E-state index is -0.139. The van der Waals surface area contributed by atoms with Gasteiger partial charge in [-0.15, -0.1) is 10.2 Å². The van der Waals surface area contributed by atoms with Gasteiger partial charge in [-0.1, -0.05) is 24.3 Å². The highest BCUT2D eigenvalue weighted by atomic mass is 79.9. The molecule has 0 aliphatic heterocycles. The van der Waals surface area contributed by atoms with Crippen LogP contribution in [0.4, 0.5) is 0 Å². The van der Waals surface area contributed by atoms with Gasteiger partial charge in [0, 0.05) is 37.4 Å². The SMILES string of the molecule is CN(C)n1c(=O)c2c(Br)cccc2n2c(CC=Cc3cccnc3)nnc12. The molecular weight excluding hydrogens is 408 g/mol. The summed E-state index contributed by atoms with van der Waals surface area (Å²) in [5.41, 5.74) is 1.65. The van der Waals surface area contributed by atoms with Crippen molar-refractivity contribution in [1.29, 1.82) is 0 Å². The van der Waals surface area contributed by atoms with Crippen molar-refractivity contribution >= 4 is 38.7 Å². The first kappa shape index (κ1) is 17.4. The fraction of sp³-hybridized carbons (Fsp3) is 0.158. The molecular formula is C19H17BrN6O. The smallest absolute Gasteiger partial charge is 0.282 e. The summed E-state index contributed by atoms with van der Waals surface area (Å²) in [6, 6.07) is 9.56. The zero-order valence-electron chi connectivity index (χ0n) is 14.9. The highest BCUT2D eigenvalue weighted by Crippen LogP contribution is 2.22. The van der Waals surface area contributed by atoms with E-state index in [-0.39, 0.29) is 5.56 Å². The molecule has 8 heteroatoms. The van der Waals surface area contributed by atoms with Crippen LogP contribution < -0.4 is 10.6 Å². The average Bonchev–Trinajstić information content (AvgIpc) is 3.06. The Balaban J connectivity index is 1.91. The Morgan fingerprint density at radius 1 is 1.19 bits per heavy atom. The van der Waals surface area contributed by atoms with Gasteiger partial charge in [-0.05, 0) is 39.7 Å². The lowest BCUT2D eigenvalue weighted by Gasteiger charge is -2.18. The number of fused-ring (bicyclic) bond motifs is 3. The summed E-state index contributed by atoms with van der Waals surface area (Å²) in [7, 11) is 3.61. The van der Waals surface area contributed by atoms with Crippen LogP contribution in [0.5, 0.6) is 0 Å². The van der Waals surface area contributed by atoms with E-state index in [0.717, 1.165) is 21.4 Å². The molecule has 4 rings (SSSR count). The number of hydrogen-bond acceptors (Lipinski definition) is 5. The van der Waals surface area contributed by atoms with Crippen LogP contribution in [0.25, 0.3) is 22.8 Å². The molecule has 0 bridgehead atoms. The van der Waals surface area contributed by atoms with E-state index in [4.69, 9.17) is 0 Å². The van der Waals surface area contributed by atoms with Gasteiger partial charge in [-0.3, -0.25) is 14.2 Å². The Labute approximate surface area is 163 Å². The minimum Gasteiger partial charge on any atom is -0.313 e. The van der Waals surface area contributed by atoms with E-state index in [2.05, 4.69) is 31.1 Å². The van der Waals surface area contributed by atoms with E-state index in [0.29, 0.717) is 17.6 Å². The maximum atomic E-state index is 13.0. The zero-order chi connectivity index (χ0) is 19.0. The number of benzene rings is 1. The number of halogens is 1. The van der Waals surface area contributed by atoms with Gasteiger partial charge in [0.1, 0.15) is 5.82 Å².